The minimum absolute atomic E-state index is 0.00268. The first kappa shape index (κ1) is 20.1. The SMILES string of the molecule is COc1ccc(-n2c(C)cc(-c3csc(NC(=O)CC(C)(C)C)n3)c2C)cc1. The number of anilines is 1. The maximum Gasteiger partial charge on any atom is 0.226 e. The van der Waals surface area contributed by atoms with Gasteiger partial charge in [0.1, 0.15) is 5.75 Å². The molecular weight excluding hydrogens is 370 g/mol. The van der Waals surface area contributed by atoms with Gasteiger partial charge in [0.05, 0.1) is 12.8 Å². The van der Waals surface area contributed by atoms with Crippen molar-refractivity contribution in [2.24, 2.45) is 5.41 Å². The standard InChI is InChI=1S/C22H27N3O2S/c1-14-11-18(15(2)25(14)16-7-9-17(27-6)10-8-16)19-13-28-21(23-19)24-20(26)12-22(3,4)5/h7-11,13H,12H2,1-6H3,(H,23,24,26). The summed E-state index contributed by atoms with van der Waals surface area (Å²) in [5.74, 6) is 0.832. The average Bonchev–Trinajstić information content (AvgIpc) is 3.17. The molecule has 148 valence electrons. The van der Waals surface area contributed by atoms with Crippen molar-refractivity contribution in [1.82, 2.24) is 9.55 Å². The molecule has 2 aromatic heterocycles. The van der Waals surface area contributed by atoms with Crippen LogP contribution in [0.1, 0.15) is 38.6 Å². The molecule has 1 amide bonds. The number of rotatable bonds is 5. The second-order valence-electron chi connectivity index (χ2n) is 8.14. The Kier molecular flexibility index (Phi) is 5.61. The number of aromatic nitrogens is 2. The minimum atomic E-state index is -0.0482. The van der Waals surface area contributed by atoms with Crippen molar-refractivity contribution in [3.63, 3.8) is 0 Å². The number of nitrogens with zero attached hydrogens (tertiary/aromatic N) is 2. The molecule has 0 saturated carbocycles. The predicted octanol–water partition coefficient (Wildman–Crippen LogP) is 5.60. The van der Waals surface area contributed by atoms with E-state index >= 15 is 0 Å². The summed E-state index contributed by atoms with van der Waals surface area (Å²) < 4.78 is 7.45. The first-order chi connectivity index (χ1) is 13.2. The van der Waals surface area contributed by atoms with Crippen LogP contribution in [0.25, 0.3) is 16.9 Å². The third-order valence-electron chi connectivity index (χ3n) is 4.48. The molecule has 3 rings (SSSR count). The fourth-order valence-electron chi connectivity index (χ4n) is 3.25. The predicted molar refractivity (Wildman–Crippen MR) is 116 cm³/mol. The normalized spacial score (nSPS) is 11.5. The average molecular weight is 398 g/mol. The molecule has 0 bridgehead atoms. The molecule has 28 heavy (non-hydrogen) atoms. The number of carbonyl (C=O) groups excluding carboxylic acids is 1. The molecule has 0 spiro atoms. The summed E-state index contributed by atoms with van der Waals surface area (Å²) in [6.07, 6.45) is 0.466. The number of aryl methyl sites for hydroxylation is 1. The first-order valence-corrected chi connectivity index (χ1v) is 10.1. The molecule has 0 aliphatic heterocycles. The topological polar surface area (TPSA) is 56.1 Å². The van der Waals surface area contributed by atoms with Crippen molar-refractivity contribution in [1.29, 1.82) is 0 Å². The van der Waals surface area contributed by atoms with Crippen LogP contribution in [0, 0.1) is 19.3 Å². The van der Waals surface area contributed by atoms with Crippen LogP contribution >= 0.6 is 11.3 Å². The molecule has 1 aromatic carbocycles. The molecule has 0 radical (unpaired) electrons. The zero-order chi connectivity index (χ0) is 20.5. The summed E-state index contributed by atoms with van der Waals surface area (Å²) in [5.41, 5.74) is 5.22. The molecule has 0 unspecified atom stereocenters. The van der Waals surface area contributed by atoms with Gasteiger partial charge in [-0.2, -0.15) is 0 Å². The maximum atomic E-state index is 12.2. The summed E-state index contributed by atoms with van der Waals surface area (Å²) in [6, 6.07) is 10.1. The lowest BCUT2D eigenvalue weighted by atomic mass is 9.92. The van der Waals surface area contributed by atoms with E-state index in [2.05, 4.69) is 34.8 Å². The van der Waals surface area contributed by atoms with Gasteiger partial charge in [-0.25, -0.2) is 4.98 Å². The quantitative estimate of drug-likeness (QED) is 0.609. The van der Waals surface area contributed by atoms with E-state index in [1.807, 2.05) is 50.4 Å². The molecule has 0 saturated heterocycles. The van der Waals surface area contributed by atoms with Crippen molar-refractivity contribution >= 4 is 22.4 Å². The van der Waals surface area contributed by atoms with E-state index in [9.17, 15) is 4.79 Å². The Labute approximate surface area is 170 Å². The van der Waals surface area contributed by atoms with Gasteiger partial charge in [-0.05, 0) is 49.6 Å². The Morgan fingerprint density at radius 2 is 1.89 bits per heavy atom. The molecule has 0 atom stereocenters. The lowest BCUT2D eigenvalue weighted by Gasteiger charge is -2.16. The maximum absolute atomic E-state index is 12.2. The van der Waals surface area contributed by atoms with Crippen LogP contribution in [0.3, 0.4) is 0 Å². The van der Waals surface area contributed by atoms with Crippen LogP contribution in [0.2, 0.25) is 0 Å². The number of hydrogen-bond donors (Lipinski definition) is 1. The van der Waals surface area contributed by atoms with E-state index in [1.54, 1.807) is 7.11 Å². The number of amides is 1. The highest BCUT2D eigenvalue weighted by molar-refractivity contribution is 7.14. The zero-order valence-electron chi connectivity index (χ0n) is 17.3. The van der Waals surface area contributed by atoms with Gasteiger partial charge < -0.3 is 14.6 Å². The summed E-state index contributed by atoms with van der Waals surface area (Å²) in [5, 5.41) is 5.55. The highest BCUT2D eigenvalue weighted by atomic mass is 32.1. The lowest BCUT2D eigenvalue weighted by Crippen LogP contribution is -2.19. The Balaban J connectivity index is 1.85. The summed E-state index contributed by atoms with van der Waals surface area (Å²) >= 11 is 1.45. The fraction of sp³-hybridized carbons (Fsp3) is 0.364. The Morgan fingerprint density at radius 1 is 1.21 bits per heavy atom. The van der Waals surface area contributed by atoms with Gasteiger partial charge in [0.2, 0.25) is 5.91 Å². The molecule has 0 aliphatic carbocycles. The summed E-state index contributed by atoms with van der Waals surface area (Å²) in [6.45, 7) is 10.3. The first-order valence-electron chi connectivity index (χ1n) is 9.27. The number of carbonyl (C=O) groups is 1. The van der Waals surface area contributed by atoms with Gasteiger partial charge in [0, 0.05) is 34.4 Å². The van der Waals surface area contributed by atoms with Crippen LogP contribution < -0.4 is 10.1 Å². The van der Waals surface area contributed by atoms with Crippen LogP contribution in [0.4, 0.5) is 5.13 Å². The molecular formula is C22H27N3O2S. The van der Waals surface area contributed by atoms with Crippen molar-refractivity contribution < 1.29 is 9.53 Å². The molecule has 5 nitrogen and oxygen atoms in total. The number of hydrogen-bond acceptors (Lipinski definition) is 4. The monoisotopic (exact) mass is 397 g/mol. The van der Waals surface area contributed by atoms with Gasteiger partial charge in [-0.1, -0.05) is 20.8 Å². The number of thiazole rings is 1. The highest BCUT2D eigenvalue weighted by Crippen LogP contribution is 2.32. The number of benzene rings is 1. The summed E-state index contributed by atoms with van der Waals surface area (Å²) in [7, 11) is 1.67. The fourth-order valence-corrected chi connectivity index (χ4v) is 3.98. The van der Waals surface area contributed by atoms with Crippen molar-refractivity contribution in [2.45, 2.75) is 41.0 Å². The van der Waals surface area contributed by atoms with Gasteiger partial charge in [0.25, 0.3) is 0 Å². The van der Waals surface area contributed by atoms with Crippen LogP contribution in [0.15, 0.2) is 35.7 Å². The van der Waals surface area contributed by atoms with E-state index in [4.69, 9.17) is 4.74 Å². The summed E-state index contributed by atoms with van der Waals surface area (Å²) in [4.78, 5) is 16.8. The van der Waals surface area contributed by atoms with Crippen LogP contribution in [-0.4, -0.2) is 22.6 Å². The third kappa shape index (κ3) is 4.44. The van der Waals surface area contributed by atoms with Crippen LogP contribution in [0.5, 0.6) is 5.75 Å². The van der Waals surface area contributed by atoms with E-state index in [1.165, 1.54) is 11.3 Å². The second-order valence-corrected chi connectivity index (χ2v) is 9.00. The molecule has 6 heteroatoms. The molecule has 1 N–H and O–H groups in total. The Bertz CT molecular complexity index is 978. The largest absolute Gasteiger partial charge is 0.497 e. The molecule has 2 heterocycles. The zero-order valence-corrected chi connectivity index (χ0v) is 18.1. The van der Waals surface area contributed by atoms with E-state index < -0.39 is 0 Å². The molecule has 0 aliphatic rings. The lowest BCUT2D eigenvalue weighted by molar-refractivity contribution is -0.117. The molecule has 3 aromatic rings. The van der Waals surface area contributed by atoms with Crippen LogP contribution in [-0.2, 0) is 4.79 Å². The van der Waals surface area contributed by atoms with Crippen molar-refractivity contribution in [3.8, 4) is 22.7 Å². The number of methoxy groups -OCH3 is 1. The van der Waals surface area contributed by atoms with Crippen molar-refractivity contribution in [2.75, 3.05) is 12.4 Å². The highest BCUT2D eigenvalue weighted by Gasteiger charge is 2.18. The smallest absolute Gasteiger partial charge is 0.226 e. The Hall–Kier alpha value is -2.60. The van der Waals surface area contributed by atoms with E-state index in [0.29, 0.717) is 11.6 Å². The van der Waals surface area contributed by atoms with E-state index in [-0.39, 0.29) is 11.3 Å². The van der Waals surface area contributed by atoms with Crippen molar-refractivity contribution in [3.05, 3.63) is 47.1 Å². The molecule has 0 fully saturated rings. The third-order valence-corrected chi connectivity index (χ3v) is 5.24. The Morgan fingerprint density at radius 3 is 2.50 bits per heavy atom. The number of ether oxygens (including phenoxy) is 1. The minimum Gasteiger partial charge on any atom is -0.497 e. The van der Waals surface area contributed by atoms with E-state index in [0.717, 1.165) is 34.1 Å². The van der Waals surface area contributed by atoms with Gasteiger partial charge >= 0.3 is 0 Å². The van der Waals surface area contributed by atoms with Gasteiger partial charge in [-0.15, -0.1) is 11.3 Å². The number of nitrogens with one attached hydrogen (secondary N) is 1. The second kappa shape index (κ2) is 7.80. The van der Waals surface area contributed by atoms with Gasteiger partial charge in [0.15, 0.2) is 5.13 Å². The van der Waals surface area contributed by atoms with Gasteiger partial charge in [-0.3, -0.25) is 4.79 Å².